The molecule has 1 saturated heterocycles. The highest BCUT2D eigenvalue weighted by Crippen LogP contribution is 2.29. The lowest BCUT2D eigenvalue weighted by molar-refractivity contribution is 0.0997. The van der Waals surface area contributed by atoms with Crippen molar-refractivity contribution in [3.8, 4) is 22.9 Å². The van der Waals surface area contributed by atoms with Crippen LogP contribution in [0, 0.1) is 0 Å². The zero-order chi connectivity index (χ0) is 30.6. The van der Waals surface area contributed by atoms with Crippen molar-refractivity contribution >= 4 is 28.7 Å². The number of benzene rings is 3. The number of fused-ring (bicyclic) bond motifs is 1. The first-order valence-corrected chi connectivity index (χ1v) is 14.7. The lowest BCUT2D eigenvalue weighted by Crippen LogP contribution is -2.47. The molecule has 0 saturated carbocycles. The van der Waals surface area contributed by atoms with Crippen LogP contribution in [0.5, 0.6) is 11.5 Å². The zero-order valence-corrected chi connectivity index (χ0v) is 25.3. The predicted octanol–water partition coefficient (Wildman–Crippen LogP) is 4.98. The number of aromatic amines is 1. The van der Waals surface area contributed by atoms with Gasteiger partial charge in [0.2, 0.25) is 0 Å². The zero-order valence-electron chi connectivity index (χ0n) is 25.3. The van der Waals surface area contributed by atoms with E-state index in [4.69, 9.17) is 20.2 Å². The van der Waals surface area contributed by atoms with Crippen molar-refractivity contribution in [2.75, 3.05) is 44.2 Å². The SMILES string of the molecule is CCc1ccc(-c2nc3c(N4CCN(CCOc5ccc(OC(=O)NC(C)(C)C)c(C(N)=O)c5)CC4)cccc3[nH]2)cc1. The van der Waals surface area contributed by atoms with Gasteiger partial charge >= 0.3 is 6.09 Å². The first-order chi connectivity index (χ1) is 20.6. The maximum absolute atomic E-state index is 12.2. The minimum absolute atomic E-state index is 0.0869. The number of primary amides is 1. The van der Waals surface area contributed by atoms with Crippen LogP contribution < -0.4 is 25.4 Å². The van der Waals surface area contributed by atoms with Crippen molar-refractivity contribution in [2.24, 2.45) is 5.73 Å². The second-order valence-corrected chi connectivity index (χ2v) is 11.8. The Morgan fingerprint density at radius 3 is 2.44 bits per heavy atom. The third-order valence-electron chi connectivity index (χ3n) is 7.41. The number of anilines is 1. The fraction of sp³-hybridized carbons (Fsp3) is 0.364. The quantitative estimate of drug-likeness (QED) is 0.253. The van der Waals surface area contributed by atoms with Gasteiger partial charge < -0.3 is 30.4 Å². The molecule has 0 radical (unpaired) electrons. The number of para-hydroxylation sites is 1. The molecule has 2 heterocycles. The van der Waals surface area contributed by atoms with Crippen LogP contribution in [0.3, 0.4) is 0 Å². The van der Waals surface area contributed by atoms with E-state index in [0.29, 0.717) is 12.4 Å². The average Bonchev–Trinajstić information content (AvgIpc) is 3.42. The lowest BCUT2D eigenvalue weighted by Gasteiger charge is -2.36. The molecule has 4 N–H and O–H groups in total. The number of nitrogens with one attached hydrogen (secondary N) is 2. The first-order valence-electron chi connectivity index (χ1n) is 14.7. The largest absolute Gasteiger partial charge is 0.492 e. The van der Waals surface area contributed by atoms with Crippen molar-refractivity contribution in [1.82, 2.24) is 20.2 Å². The van der Waals surface area contributed by atoms with Gasteiger partial charge in [-0.25, -0.2) is 9.78 Å². The maximum atomic E-state index is 12.2. The Bertz CT molecular complexity index is 1580. The highest BCUT2D eigenvalue weighted by molar-refractivity contribution is 5.97. The van der Waals surface area contributed by atoms with Crippen LogP contribution in [0.4, 0.5) is 10.5 Å². The summed E-state index contributed by atoms with van der Waals surface area (Å²) in [4.78, 5) is 37.4. The smallest absolute Gasteiger partial charge is 0.413 e. The molecular weight excluding hydrogens is 544 g/mol. The normalized spacial score (nSPS) is 14.1. The van der Waals surface area contributed by atoms with E-state index < -0.39 is 17.5 Å². The van der Waals surface area contributed by atoms with E-state index >= 15 is 0 Å². The molecule has 0 unspecified atom stereocenters. The molecule has 0 spiro atoms. The molecule has 226 valence electrons. The molecule has 0 atom stereocenters. The molecule has 5 rings (SSSR count). The minimum Gasteiger partial charge on any atom is -0.492 e. The summed E-state index contributed by atoms with van der Waals surface area (Å²) >= 11 is 0. The number of hydrogen-bond acceptors (Lipinski definition) is 7. The van der Waals surface area contributed by atoms with Gasteiger partial charge in [-0.05, 0) is 63.1 Å². The maximum Gasteiger partial charge on any atom is 0.413 e. The number of carbonyl (C=O) groups excluding carboxylic acids is 2. The molecular formula is C33H40N6O4. The molecule has 1 aliphatic heterocycles. The van der Waals surface area contributed by atoms with E-state index in [0.717, 1.165) is 67.3 Å². The van der Waals surface area contributed by atoms with Crippen molar-refractivity contribution in [3.63, 3.8) is 0 Å². The number of piperazine rings is 1. The number of nitrogens with two attached hydrogens (primary N) is 1. The van der Waals surface area contributed by atoms with Crippen molar-refractivity contribution < 1.29 is 19.1 Å². The Balaban J connectivity index is 1.15. The van der Waals surface area contributed by atoms with Crippen molar-refractivity contribution in [3.05, 3.63) is 71.8 Å². The van der Waals surface area contributed by atoms with Gasteiger partial charge in [-0.2, -0.15) is 0 Å². The predicted molar refractivity (Wildman–Crippen MR) is 169 cm³/mol. The monoisotopic (exact) mass is 584 g/mol. The minimum atomic E-state index is -0.700. The summed E-state index contributed by atoms with van der Waals surface area (Å²) in [6, 6.07) is 19.6. The second-order valence-electron chi connectivity index (χ2n) is 11.8. The van der Waals surface area contributed by atoms with Gasteiger partial charge in [-0.15, -0.1) is 0 Å². The molecule has 3 aromatic carbocycles. The van der Waals surface area contributed by atoms with E-state index in [1.807, 2.05) is 20.8 Å². The van der Waals surface area contributed by atoms with Crippen molar-refractivity contribution in [2.45, 2.75) is 39.7 Å². The Hall–Kier alpha value is -4.57. The van der Waals surface area contributed by atoms with E-state index in [-0.39, 0.29) is 11.3 Å². The lowest BCUT2D eigenvalue weighted by atomic mass is 10.1. The Kier molecular flexibility index (Phi) is 8.86. The summed E-state index contributed by atoms with van der Waals surface area (Å²) in [6.45, 7) is 12.4. The Labute approximate surface area is 252 Å². The molecule has 2 amide bonds. The average molecular weight is 585 g/mol. The number of aryl methyl sites for hydroxylation is 1. The van der Waals surface area contributed by atoms with Crippen LogP contribution in [0.1, 0.15) is 43.6 Å². The number of ether oxygens (including phenoxy) is 2. The number of hydrogen-bond donors (Lipinski definition) is 3. The molecule has 10 nitrogen and oxygen atoms in total. The van der Waals surface area contributed by atoms with Crippen LogP contribution in [0.2, 0.25) is 0 Å². The van der Waals surface area contributed by atoms with Gasteiger partial charge in [-0.1, -0.05) is 37.3 Å². The van der Waals surface area contributed by atoms with E-state index in [1.54, 1.807) is 6.07 Å². The first kappa shape index (κ1) is 29.9. The summed E-state index contributed by atoms with van der Waals surface area (Å²) < 4.78 is 11.3. The van der Waals surface area contributed by atoms with Crippen LogP contribution in [0.15, 0.2) is 60.7 Å². The van der Waals surface area contributed by atoms with Crippen LogP contribution in [-0.4, -0.2) is 71.7 Å². The number of H-pyrrole nitrogens is 1. The standard InChI is InChI=1S/C33H40N6O4/c1-5-22-9-11-23(12-10-22)31-35-26-7-6-8-27(29(26)36-31)39-17-15-38(16-18-39)19-20-42-24-13-14-28(25(21-24)30(34)40)43-32(41)37-33(2,3)4/h6-14,21H,5,15-20H2,1-4H3,(H2,34,40)(H,35,36)(H,37,41). The summed E-state index contributed by atoms with van der Waals surface area (Å²) in [5, 5.41) is 2.69. The molecule has 1 fully saturated rings. The van der Waals surface area contributed by atoms with Crippen molar-refractivity contribution in [1.29, 1.82) is 0 Å². The van der Waals surface area contributed by atoms with E-state index in [1.165, 1.54) is 17.7 Å². The molecule has 43 heavy (non-hydrogen) atoms. The topological polar surface area (TPSA) is 126 Å². The summed E-state index contributed by atoms with van der Waals surface area (Å²) in [6.07, 6.45) is 0.356. The van der Waals surface area contributed by atoms with Gasteiger partial charge in [0.15, 0.2) is 0 Å². The molecule has 1 aliphatic rings. The third-order valence-corrected chi connectivity index (χ3v) is 7.41. The summed E-state index contributed by atoms with van der Waals surface area (Å²) in [5.74, 6) is 0.759. The number of rotatable bonds is 9. The van der Waals surface area contributed by atoms with Crippen LogP contribution >= 0.6 is 0 Å². The number of amides is 2. The van der Waals surface area contributed by atoms with Gasteiger partial charge in [0.25, 0.3) is 5.91 Å². The van der Waals surface area contributed by atoms with Gasteiger partial charge in [-0.3, -0.25) is 9.69 Å². The number of imidazole rings is 1. The van der Waals surface area contributed by atoms with Crippen LogP contribution in [-0.2, 0) is 6.42 Å². The highest BCUT2D eigenvalue weighted by atomic mass is 16.6. The third kappa shape index (κ3) is 7.45. The van der Waals surface area contributed by atoms with Gasteiger partial charge in [0.1, 0.15) is 29.4 Å². The van der Waals surface area contributed by atoms with Gasteiger partial charge in [0.05, 0.1) is 16.8 Å². The number of nitrogens with zero attached hydrogens (tertiary/aromatic N) is 3. The molecule has 1 aromatic heterocycles. The van der Waals surface area contributed by atoms with E-state index in [2.05, 4.69) is 69.5 Å². The molecule has 0 bridgehead atoms. The Morgan fingerprint density at radius 1 is 1.02 bits per heavy atom. The highest BCUT2D eigenvalue weighted by Gasteiger charge is 2.21. The van der Waals surface area contributed by atoms with Gasteiger partial charge in [0, 0.05) is 43.8 Å². The summed E-state index contributed by atoms with van der Waals surface area (Å²) in [7, 11) is 0. The fourth-order valence-corrected chi connectivity index (χ4v) is 5.12. The fourth-order valence-electron chi connectivity index (χ4n) is 5.12. The number of carbonyl (C=O) groups is 2. The second kappa shape index (κ2) is 12.7. The number of aromatic nitrogens is 2. The molecule has 4 aromatic rings. The van der Waals surface area contributed by atoms with Crippen LogP contribution in [0.25, 0.3) is 22.4 Å². The summed E-state index contributed by atoms with van der Waals surface area (Å²) in [5.41, 5.74) is 10.7. The Morgan fingerprint density at radius 2 is 1.77 bits per heavy atom. The molecule has 0 aliphatic carbocycles. The molecule has 10 heteroatoms. The van der Waals surface area contributed by atoms with E-state index in [9.17, 15) is 9.59 Å².